The molecule has 1 aliphatic rings. The molecular formula is C11H15N3O4. The van der Waals surface area contributed by atoms with E-state index >= 15 is 0 Å². The van der Waals surface area contributed by atoms with Gasteiger partial charge in [0.2, 0.25) is 11.8 Å². The predicted octanol–water partition coefficient (Wildman–Crippen LogP) is 0.531. The molecule has 7 heteroatoms. The summed E-state index contributed by atoms with van der Waals surface area (Å²) in [5, 5.41) is 12.3. The summed E-state index contributed by atoms with van der Waals surface area (Å²) in [4.78, 5) is 19.5. The van der Waals surface area contributed by atoms with E-state index in [1.54, 1.807) is 6.07 Å². The summed E-state index contributed by atoms with van der Waals surface area (Å²) in [5.41, 5.74) is -1.06. The van der Waals surface area contributed by atoms with Gasteiger partial charge in [0.1, 0.15) is 5.54 Å². The zero-order valence-corrected chi connectivity index (χ0v) is 10.0. The highest BCUT2D eigenvalue weighted by Gasteiger charge is 2.40. The van der Waals surface area contributed by atoms with Gasteiger partial charge in [0.15, 0.2) is 0 Å². The number of ether oxygens (including phenoxy) is 2. The Hall–Kier alpha value is -1.89. The van der Waals surface area contributed by atoms with Gasteiger partial charge in [-0.05, 0) is 0 Å². The largest absolute Gasteiger partial charge is 0.481 e. The standard InChI is InChI=1S/C11H15N3O4/c1-17-8-2-5-12-10(13-8)14-11(9(15)16)3-6-18-7-4-11/h2,5H,3-4,6-7H2,1H3,(H,15,16)(H,12,13,14). The van der Waals surface area contributed by atoms with Gasteiger partial charge in [-0.25, -0.2) is 9.78 Å². The third-order valence-electron chi connectivity index (χ3n) is 2.95. The maximum atomic E-state index is 11.4. The molecule has 1 saturated heterocycles. The quantitative estimate of drug-likeness (QED) is 0.808. The van der Waals surface area contributed by atoms with Gasteiger partial charge >= 0.3 is 5.97 Å². The molecule has 0 aromatic carbocycles. The van der Waals surface area contributed by atoms with Gasteiger partial charge in [0, 0.05) is 38.3 Å². The summed E-state index contributed by atoms with van der Waals surface area (Å²) in [7, 11) is 1.49. The zero-order valence-electron chi connectivity index (χ0n) is 10.0. The van der Waals surface area contributed by atoms with Gasteiger partial charge in [0.25, 0.3) is 0 Å². The Labute approximate surface area is 104 Å². The average molecular weight is 253 g/mol. The van der Waals surface area contributed by atoms with Crippen LogP contribution < -0.4 is 10.1 Å². The van der Waals surface area contributed by atoms with Crippen molar-refractivity contribution in [2.75, 3.05) is 25.6 Å². The molecule has 0 amide bonds. The molecule has 1 aromatic rings. The molecule has 0 radical (unpaired) electrons. The van der Waals surface area contributed by atoms with Gasteiger partial charge in [0.05, 0.1) is 7.11 Å². The Kier molecular flexibility index (Phi) is 3.61. The summed E-state index contributed by atoms with van der Waals surface area (Å²) >= 11 is 0. The molecule has 0 spiro atoms. The van der Waals surface area contributed by atoms with Crippen LogP contribution in [0, 0.1) is 0 Å². The number of methoxy groups -OCH3 is 1. The topological polar surface area (TPSA) is 93.6 Å². The maximum Gasteiger partial charge on any atom is 0.329 e. The molecular weight excluding hydrogens is 238 g/mol. The second-order valence-electron chi connectivity index (χ2n) is 4.05. The van der Waals surface area contributed by atoms with E-state index in [2.05, 4.69) is 15.3 Å². The van der Waals surface area contributed by atoms with Gasteiger partial charge in [-0.3, -0.25) is 0 Å². The molecule has 0 atom stereocenters. The van der Waals surface area contributed by atoms with Crippen LogP contribution in [0.1, 0.15) is 12.8 Å². The summed E-state index contributed by atoms with van der Waals surface area (Å²) in [5.74, 6) is -0.282. The van der Waals surface area contributed by atoms with E-state index in [4.69, 9.17) is 9.47 Å². The predicted molar refractivity (Wildman–Crippen MR) is 62.6 cm³/mol. The van der Waals surface area contributed by atoms with Gasteiger partial charge < -0.3 is 19.9 Å². The molecule has 98 valence electrons. The minimum absolute atomic E-state index is 0.249. The SMILES string of the molecule is COc1ccnc(NC2(C(=O)O)CCOCC2)n1. The first-order valence-corrected chi connectivity index (χ1v) is 5.63. The van der Waals surface area contributed by atoms with Crippen molar-refractivity contribution in [1.29, 1.82) is 0 Å². The highest BCUT2D eigenvalue weighted by atomic mass is 16.5. The van der Waals surface area contributed by atoms with E-state index in [0.29, 0.717) is 31.9 Å². The number of nitrogens with zero attached hydrogens (tertiary/aromatic N) is 2. The Balaban J connectivity index is 2.20. The van der Waals surface area contributed by atoms with Crippen molar-refractivity contribution < 1.29 is 19.4 Å². The highest BCUT2D eigenvalue weighted by Crippen LogP contribution is 2.25. The summed E-state index contributed by atoms with van der Waals surface area (Å²) in [6.07, 6.45) is 2.27. The van der Waals surface area contributed by atoms with Crippen molar-refractivity contribution >= 4 is 11.9 Å². The zero-order chi connectivity index (χ0) is 13.0. The summed E-state index contributed by atoms with van der Waals surface area (Å²) in [6, 6.07) is 1.60. The Morgan fingerprint density at radius 2 is 2.28 bits per heavy atom. The van der Waals surface area contributed by atoms with E-state index in [1.165, 1.54) is 13.3 Å². The van der Waals surface area contributed by atoms with Crippen molar-refractivity contribution in [2.24, 2.45) is 0 Å². The number of nitrogens with one attached hydrogen (secondary N) is 1. The minimum atomic E-state index is -1.06. The van der Waals surface area contributed by atoms with Crippen molar-refractivity contribution in [3.8, 4) is 5.88 Å². The number of hydrogen-bond acceptors (Lipinski definition) is 6. The average Bonchev–Trinajstić information content (AvgIpc) is 2.40. The van der Waals surface area contributed by atoms with E-state index in [1.807, 2.05) is 0 Å². The highest BCUT2D eigenvalue weighted by molar-refractivity contribution is 5.82. The fraction of sp³-hybridized carbons (Fsp3) is 0.545. The Bertz CT molecular complexity index is 432. The number of hydrogen-bond donors (Lipinski definition) is 2. The Morgan fingerprint density at radius 3 is 2.89 bits per heavy atom. The first kappa shape index (κ1) is 12.6. The molecule has 7 nitrogen and oxygen atoms in total. The first-order valence-electron chi connectivity index (χ1n) is 5.63. The number of carboxylic acids is 1. The van der Waals surface area contributed by atoms with Crippen LogP contribution in [0.5, 0.6) is 5.88 Å². The minimum Gasteiger partial charge on any atom is -0.481 e. The molecule has 1 aromatic heterocycles. The normalized spacial score (nSPS) is 18.1. The molecule has 2 N–H and O–H groups in total. The van der Waals surface area contributed by atoms with Crippen LogP contribution in [0.4, 0.5) is 5.95 Å². The van der Waals surface area contributed by atoms with Crippen LogP contribution >= 0.6 is 0 Å². The fourth-order valence-electron chi connectivity index (χ4n) is 1.84. The van der Waals surface area contributed by atoms with Crippen molar-refractivity contribution in [3.05, 3.63) is 12.3 Å². The molecule has 2 rings (SSSR count). The van der Waals surface area contributed by atoms with Crippen molar-refractivity contribution in [1.82, 2.24) is 9.97 Å². The number of carboxylic acid groups (broad SMARTS) is 1. The number of rotatable bonds is 4. The lowest BCUT2D eigenvalue weighted by Crippen LogP contribution is -2.50. The van der Waals surface area contributed by atoms with Crippen LogP contribution in [0.2, 0.25) is 0 Å². The fourth-order valence-corrected chi connectivity index (χ4v) is 1.84. The lowest BCUT2D eigenvalue weighted by Gasteiger charge is -2.33. The third-order valence-corrected chi connectivity index (χ3v) is 2.95. The second-order valence-corrected chi connectivity index (χ2v) is 4.05. The number of carbonyl (C=O) groups is 1. The molecule has 0 saturated carbocycles. The van der Waals surface area contributed by atoms with Gasteiger partial charge in [-0.2, -0.15) is 4.98 Å². The Morgan fingerprint density at radius 1 is 1.56 bits per heavy atom. The molecule has 1 fully saturated rings. The van der Waals surface area contributed by atoms with E-state index in [9.17, 15) is 9.90 Å². The maximum absolute atomic E-state index is 11.4. The van der Waals surface area contributed by atoms with Crippen LogP contribution in [0.15, 0.2) is 12.3 Å². The summed E-state index contributed by atoms with van der Waals surface area (Å²) in [6.45, 7) is 0.812. The first-order chi connectivity index (χ1) is 8.66. The lowest BCUT2D eigenvalue weighted by atomic mass is 9.90. The number of anilines is 1. The molecule has 1 aliphatic heterocycles. The smallest absolute Gasteiger partial charge is 0.329 e. The second kappa shape index (κ2) is 5.18. The summed E-state index contributed by atoms with van der Waals surface area (Å²) < 4.78 is 10.2. The van der Waals surface area contributed by atoms with Crippen molar-refractivity contribution in [2.45, 2.75) is 18.4 Å². The van der Waals surface area contributed by atoms with Crippen LogP contribution in [-0.4, -0.2) is 46.9 Å². The van der Waals surface area contributed by atoms with Crippen molar-refractivity contribution in [3.63, 3.8) is 0 Å². The van der Waals surface area contributed by atoms with Gasteiger partial charge in [-0.1, -0.05) is 0 Å². The third kappa shape index (κ3) is 2.51. The molecule has 2 heterocycles. The molecule has 18 heavy (non-hydrogen) atoms. The van der Waals surface area contributed by atoms with E-state index < -0.39 is 11.5 Å². The number of aromatic nitrogens is 2. The van der Waals surface area contributed by atoms with Crippen LogP contribution in [0.3, 0.4) is 0 Å². The van der Waals surface area contributed by atoms with Gasteiger partial charge in [-0.15, -0.1) is 0 Å². The van der Waals surface area contributed by atoms with Crippen LogP contribution in [0.25, 0.3) is 0 Å². The molecule has 0 unspecified atom stereocenters. The van der Waals surface area contributed by atoms with E-state index in [0.717, 1.165) is 0 Å². The van der Waals surface area contributed by atoms with E-state index in [-0.39, 0.29) is 5.95 Å². The molecule has 0 bridgehead atoms. The van der Waals surface area contributed by atoms with Crippen LogP contribution in [-0.2, 0) is 9.53 Å². The lowest BCUT2D eigenvalue weighted by molar-refractivity contribution is -0.145. The molecule has 0 aliphatic carbocycles. The number of aliphatic carboxylic acids is 1. The monoisotopic (exact) mass is 253 g/mol.